The Morgan fingerprint density at radius 3 is 2.71 bits per heavy atom. The molecule has 1 N–H and O–H groups in total. The van der Waals surface area contributed by atoms with Crippen molar-refractivity contribution in [1.82, 2.24) is 4.98 Å². The van der Waals surface area contributed by atoms with E-state index < -0.39 is 23.6 Å². The summed E-state index contributed by atoms with van der Waals surface area (Å²) in [4.78, 5) is 24.2. The minimum Gasteiger partial charge on any atom is -0.469 e. The van der Waals surface area contributed by atoms with Gasteiger partial charge in [-0.2, -0.15) is 0 Å². The highest BCUT2D eigenvalue weighted by Gasteiger charge is 2.20. The molecule has 1 rings (SSSR count). The third-order valence-corrected chi connectivity index (χ3v) is 2.47. The van der Waals surface area contributed by atoms with Crippen molar-refractivity contribution >= 4 is 17.6 Å². The van der Waals surface area contributed by atoms with Crippen LogP contribution in [0.5, 0.6) is 0 Å². The van der Waals surface area contributed by atoms with Crippen LogP contribution in [0.4, 0.5) is 8.78 Å². The van der Waals surface area contributed by atoms with E-state index in [4.69, 9.17) is 11.6 Å². The van der Waals surface area contributed by atoms with Crippen molar-refractivity contribution in [1.29, 1.82) is 0 Å². The summed E-state index contributed by atoms with van der Waals surface area (Å²) in [5.74, 6) is -0.805. The molecule has 1 aromatic rings. The fraction of sp³-hybridized carbons (Fsp3) is 0.400. The second-order valence-corrected chi connectivity index (χ2v) is 3.51. The maximum atomic E-state index is 12.7. The quantitative estimate of drug-likeness (QED) is 0.667. The number of rotatable bonds is 4. The second-order valence-electron chi connectivity index (χ2n) is 3.24. The fourth-order valence-electron chi connectivity index (χ4n) is 1.39. The molecule has 17 heavy (non-hydrogen) atoms. The number of carbonyl (C=O) groups is 1. The SMILES string of the molecule is COC(=O)Cc1c(CCl)cc(=O)[nH]c1C(F)F. The maximum Gasteiger partial charge on any atom is 0.310 e. The highest BCUT2D eigenvalue weighted by molar-refractivity contribution is 6.17. The lowest BCUT2D eigenvalue weighted by atomic mass is 10.0. The molecule has 0 amide bonds. The van der Waals surface area contributed by atoms with Crippen LogP contribution in [0.25, 0.3) is 0 Å². The van der Waals surface area contributed by atoms with Crippen LogP contribution in [0, 0.1) is 0 Å². The smallest absolute Gasteiger partial charge is 0.310 e. The van der Waals surface area contributed by atoms with E-state index in [2.05, 4.69) is 4.74 Å². The fourth-order valence-corrected chi connectivity index (χ4v) is 1.63. The molecule has 0 fully saturated rings. The topological polar surface area (TPSA) is 59.2 Å². The third kappa shape index (κ3) is 3.26. The largest absolute Gasteiger partial charge is 0.469 e. The van der Waals surface area contributed by atoms with Crippen molar-refractivity contribution in [3.8, 4) is 0 Å². The molecule has 0 bridgehead atoms. The molecule has 94 valence electrons. The number of halogens is 3. The van der Waals surface area contributed by atoms with Gasteiger partial charge in [0.05, 0.1) is 19.2 Å². The summed E-state index contributed by atoms with van der Waals surface area (Å²) in [5, 5.41) is 0. The standard InChI is InChI=1S/C10H10ClF2NO3/c1-17-8(16)3-6-5(4-11)2-7(15)14-9(6)10(12)13/h2,10H,3-4H2,1H3,(H,14,15). The van der Waals surface area contributed by atoms with Crippen molar-refractivity contribution < 1.29 is 18.3 Å². The molecule has 0 unspecified atom stereocenters. The molecule has 1 heterocycles. The molecule has 0 atom stereocenters. The van der Waals surface area contributed by atoms with Gasteiger partial charge in [-0.3, -0.25) is 9.59 Å². The number of nitrogens with one attached hydrogen (secondary N) is 1. The van der Waals surface area contributed by atoms with Gasteiger partial charge in [-0.15, -0.1) is 11.6 Å². The van der Waals surface area contributed by atoms with E-state index in [0.717, 1.165) is 13.2 Å². The predicted molar refractivity (Wildman–Crippen MR) is 57.3 cm³/mol. The van der Waals surface area contributed by atoms with Gasteiger partial charge in [0.1, 0.15) is 0 Å². The maximum absolute atomic E-state index is 12.7. The Morgan fingerprint density at radius 1 is 1.59 bits per heavy atom. The number of pyridine rings is 1. The highest BCUT2D eigenvalue weighted by atomic mass is 35.5. The number of alkyl halides is 3. The van der Waals surface area contributed by atoms with Gasteiger partial charge < -0.3 is 9.72 Å². The van der Waals surface area contributed by atoms with Crippen LogP contribution in [0.3, 0.4) is 0 Å². The summed E-state index contributed by atoms with van der Waals surface area (Å²) in [6.07, 6.45) is -3.24. The third-order valence-electron chi connectivity index (χ3n) is 2.19. The summed E-state index contributed by atoms with van der Waals surface area (Å²) >= 11 is 5.56. The monoisotopic (exact) mass is 265 g/mol. The Labute approximate surface area is 101 Å². The molecule has 7 heteroatoms. The first-order valence-corrected chi connectivity index (χ1v) is 5.19. The molecule has 0 spiro atoms. The number of hydrogen-bond acceptors (Lipinski definition) is 3. The average molecular weight is 266 g/mol. The van der Waals surface area contributed by atoms with E-state index in [-0.39, 0.29) is 23.4 Å². The summed E-state index contributed by atoms with van der Waals surface area (Å²) < 4.78 is 29.8. The van der Waals surface area contributed by atoms with Gasteiger partial charge in [0.15, 0.2) is 0 Å². The van der Waals surface area contributed by atoms with Gasteiger partial charge in [0, 0.05) is 11.9 Å². The van der Waals surface area contributed by atoms with E-state index >= 15 is 0 Å². The van der Waals surface area contributed by atoms with Gasteiger partial charge >= 0.3 is 5.97 Å². The number of H-pyrrole nitrogens is 1. The van der Waals surface area contributed by atoms with E-state index in [1.165, 1.54) is 0 Å². The molecule has 0 radical (unpaired) electrons. The van der Waals surface area contributed by atoms with Crippen LogP contribution in [-0.4, -0.2) is 18.1 Å². The van der Waals surface area contributed by atoms with Gasteiger partial charge in [-0.05, 0) is 11.1 Å². The van der Waals surface area contributed by atoms with Crippen molar-refractivity contribution in [3.63, 3.8) is 0 Å². The van der Waals surface area contributed by atoms with Crippen LogP contribution in [-0.2, 0) is 21.8 Å². The molecule has 0 aliphatic carbocycles. The van der Waals surface area contributed by atoms with E-state index in [1.807, 2.05) is 4.98 Å². The molecular formula is C10H10ClF2NO3. The van der Waals surface area contributed by atoms with E-state index in [9.17, 15) is 18.4 Å². The Hall–Kier alpha value is -1.43. The predicted octanol–water partition coefficient (Wildman–Crippen LogP) is 1.77. The number of ether oxygens (including phenoxy) is 1. The molecule has 0 aromatic carbocycles. The second kappa shape index (κ2) is 5.77. The van der Waals surface area contributed by atoms with Crippen molar-refractivity contribution in [2.45, 2.75) is 18.7 Å². The van der Waals surface area contributed by atoms with Crippen LogP contribution in [0.15, 0.2) is 10.9 Å². The molecule has 0 aliphatic heterocycles. The van der Waals surface area contributed by atoms with Gasteiger partial charge in [0.25, 0.3) is 6.43 Å². The molecule has 0 aliphatic rings. The highest BCUT2D eigenvalue weighted by Crippen LogP contribution is 2.23. The number of aromatic amines is 1. The molecule has 0 saturated heterocycles. The van der Waals surface area contributed by atoms with E-state index in [0.29, 0.717) is 0 Å². The minimum atomic E-state index is -2.88. The summed E-state index contributed by atoms with van der Waals surface area (Å²) in [6, 6.07) is 1.09. The number of esters is 1. The minimum absolute atomic E-state index is 0.0152. The first kappa shape index (κ1) is 13.6. The normalized spacial score (nSPS) is 10.6. The lowest BCUT2D eigenvalue weighted by Gasteiger charge is -2.11. The molecule has 1 aromatic heterocycles. The molecular weight excluding hydrogens is 256 g/mol. The number of aromatic nitrogens is 1. The lowest BCUT2D eigenvalue weighted by Crippen LogP contribution is -2.17. The molecule has 4 nitrogen and oxygen atoms in total. The summed E-state index contributed by atoms with van der Waals surface area (Å²) in [6.45, 7) is 0. The summed E-state index contributed by atoms with van der Waals surface area (Å²) in [5.41, 5.74) is -1.04. The number of hydrogen-bond donors (Lipinski definition) is 1. The van der Waals surface area contributed by atoms with Crippen LogP contribution in [0.2, 0.25) is 0 Å². The Balaban J connectivity index is 3.31. The average Bonchev–Trinajstić information content (AvgIpc) is 2.30. The van der Waals surface area contributed by atoms with Crippen molar-refractivity contribution in [2.24, 2.45) is 0 Å². The van der Waals surface area contributed by atoms with Crippen LogP contribution in [0.1, 0.15) is 23.2 Å². The van der Waals surface area contributed by atoms with Gasteiger partial charge in [0.2, 0.25) is 5.56 Å². The Kier molecular flexibility index (Phi) is 4.62. The van der Waals surface area contributed by atoms with Gasteiger partial charge in [-0.25, -0.2) is 8.78 Å². The van der Waals surface area contributed by atoms with Crippen LogP contribution < -0.4 is 5.56 Å². The van der Waals surface area contributed by atoms with Gasteiger partial charge in [-0.1, -0.05) is 0 Å². The first-order chi connectivity index (χ1) is 7.99. The van der Waals surface area contributed by atoms with Crippen LogP contribution >= 0.6 is 11.6 Å². The Morgan fingerprint density at radius 2 is 2.24 bits per heavy atom. The number of carbonyl (C=O) groups excluding carboxylic acids is 1. The number of methoxy groups -OCH3 is 1. The zero-order valence-corrected chi connectivity index (χ0v) is 9.68. The zero-order chi connectivity index (χ0) is 13.0. The van der Waals surface area contributed by atoms with E-state index in [1.54, 1.807) is 0 Å². The van der Waals surface area contributed by atoms with Crippen molar-refractivity contribution in [3.05, 3.63) is 33.2 Å². The summed E-state index contributed by atoms with van der Waals surface area (Å²) in [7, 11) is 1.15. The zero-order valence-electron chi connectivity index (χ0n) is 8.93. The Bertz CT molecular complexity index is 473. The molecule has 0 saturated carbocycles. The lowest BCUT2D eigenvalue weighted by molar-refractivity contribution is -0.139. The first-order valence-electron chi connectivity index (χ1n) is 4.65. The van der Waals surface area contributed by atoms with Crippen molar-refractivity contribution in [2.75, 3.05) is 7.11 Å².